The van der Waals surface area contributed by atoms with Gasteiger partial charge in [-0.2, -0.15) is 0 Å². The molecule has 1 aliphatic rings. The van der Waals surface area contributed by atoms with E-state index in [9.17, 15) is 9.90 Å². The van der Waals surface area contributed by atoms with Crippen molar-refractivity contribution in [2.24, 2.45) is 5.92 Å². The molecule has 2 heteroatoms. The predicted octanol–water partition coefficient (Wildman–Crippen LogP) is 3.43. The lowest BCUT2D eigenvalue weighted by Gasteiger charge is -2.37. The van der Waals surface area contributed by atoms with E-state index >= 15 is 0 Å². The van der Waals surface area contributed by atoms with Gasteiger partial charge in [0, 0.05) is 5.92 Å². The summed E-state index contributed by atoms with van der Waals surface area (Å²) in [6, 6.07) is 7.50. The molecule has 0 aromatic heterocycles. The smallest absolute Gasteiger partial charge is 0.132 e. The van der Waals surface area contributed by atoms with E-state index < -0.39 is 0 Å². The fourth-order valence-electron chi connectivity index (χ4n) is 2.81. The van der Waals surface area contributed by atoms with Crippen molar-refractivity contribution in [1.29, 1.82) is 0 Å². The Balaban J connectivity index is 2.11. The van der Waals surface area contributed by atoms with Crippen molar-refractivity contribution < 1.29 is 9.90 Å². The lowest BCUT2D eigenvalue weighted by Crippen LogP contribution is -2.30. The van der Waals surface area contributed by atoms with E-state index in [0.29, 0.717) is 11.5 Å². The fourth-order valence-corrected chi connectivity index (χ4v) is 2.81. The summed E-state index contributed by atoms with van der Waals surface area (Å²) in [6.07, 6.45) is 4.10. The van der Waals surface area contributed by atoms with Gasteiger partial charge in [0.2, 0.25) is 0 Å². The number of phenolic OH excluding ortho intramolecular Hbond substituents is 1. The van der Waals surface area contributed by atoms with Crippen molar-refractivity contribution in [3.63, 3.8) is 0 Å². The van der Waals surface area contributed by atoms with Crippen LogP contribution in [-0.2, 0) is 10.2 Å². The van der Waals surface area contributed by atoms with Crippen LogP contribution in [0.1, 0.15) is 45.1 Å². The van der Waals surface area contributed by atoms with Crippen LogP contribution in [0.15, 0.2) is 24.3 Å². The van der Waals surface area contributed by atoms with Crippen molar-refractivity contribution >= 4 is 5.78 Å². The van der Waals surface area contributed by atoms with Crippen molar-refractivity contribution in [2.45, 2.75) is 44.9 Å². The molecule has 0 heterocycles. The Bertz CT molecular complexity index is 397. The van der Waals surface area contributed by atoms with E-state index in [-0.39, 0.29) is 11.3 Å². The molecule has 92 valence electrons. The minimum atomic E-state index is 0.166. The molecule has 1 saturated carbocycles. The van der Waals surface area contributed by atoms with Crippen molar-refractivity contribution in [2.75, 3.05) is 0 Å². The molecule has 0 atom stereocenters. The largest absolute Gasteiger partial charge is 0.508 e. The summed E-state index contributed by atoms with van der Waals surface area (Å²) in [4.78, 5) is 11.4. The average Bonchev–Trinajstić information content (AvgIpc) is 2.30. The SMILES string of the molecule is CC(=O)[C@H]1CC[C@@](C)(c2ccc(O)cc2)CC1. The minimum Gasteiger partial charge on any atom is -0.508 e. The monoisotopic (exact) mass is 232 g/mol. The van der Waals surface area contributed by atoms with E-state index in [2.05, 4.69) is 6.92 Å². The molecule has 1 aliphatic carbocycles. The molecule has 0 spiro atoms. The molecule has 1 N–H and O–H groups in total. The zero-order valence-electron chi connectivity index (χ0n) is 10.6. The summed E-state index contributed by atoms with van der Waals surface area (Å²) in [7, 11) is 0. The number of carbonyl (C=O) groups is 1. The third-order valence-corrected chi connectivity index (χ3v) is 4.23. The number of ketones is 1. The zero-order chi connectivity index (χ0) is 12.5. The van der Waals surface area contributed by atoms with Gasteiger partial charge in [-0.3, -0.25) is 4.79 Å². The van der Waals surface area contributed by atoms with Gasteiger partial charge in [0.1, 0.15) is 11.5 Å². The summed E-state index contributed by atoms with van der Waals surface area (Å²) < 4.78 is 0. The van der Waals surface area contributed by atoms with Gasteiger partial charge in [0.15, 0.2) is 0 Å². The van der Waals surface area contributed by atoms with Crippen LogP contribution in [-0.4, -0.2) is 10.9 Å². The van der Waals surface area contributed by atoms with Crippen LogP contribution >= 0.6 is 0 Å². The zero-order valence-corrected chi connectivity index (χ0v) is 10.6. The lowest BCUT2D eigenvalue weighted by molar-refractivity contribution is -0.121. The Kier molecular flexibility index (Phi) is 3.23. The first kappa shape index (κ1) is 12.2. The van der Waals surface area contributed by atoms with E-state index in [1.54, 1.807) is 19.1 Å². The van der Waals surface area contributed by atoms with Crippen molar-refractivity contribution in [1.82, 2.24) is 0 Å². The number of benzene rings is 1. The average molecular weight is 232 g/mol. The first-order valence-electron chi connectivity index (χ1n) is 6.31. The van der Waals surface area contributed by atoms with Crippen LogP contribution in [0.4, 0.5) is 0 Å². The maximum absolute atomic E-state index is 11.4. The summed E-state index contributed by atoms with van der Waals surface area (Å²) in [5.74, 6) is 0.910. The van der Waals surface area contributed by atoms with Crippen LogP contribution in [0.25, 0.3) is 0 Å². The second-order valence-corrected chi connectivity index (χ2v) is 5.49. The normalized spacial score (nSPS) is 28.9. The molecule has 1 fully saturated rings. The molecule has 1 aromatic carbocycles. The topological polar surface area (TPSA) is 37.3 Å². The van der Waals surface area contributed by atoms with Gasteiger partial charge >= 0.3 is 0 Å². The minimum absolute atomic E-state index is 0.166. The Hall–Kier alpha value is -1.31. The Morgan fingerprint density at radius 3 is 2.24 bits per heavy atom. The number of aromatic hydroxyl groups is 1. The van der Waals surface area contributed by atoms with E-state index in [1.165, 1.54) is 5.56 Å². The molecule has 0 aliphatic heterocycles. The predicted molar refractivity (Wildman–Crippen MR) is 68.1 cm³/mol. The summed E-state index contributed by atoms with van der Waals surface area (Å²) in [5, 5.41) is 9.31. The first-order valence-corrected chi connectivity index (χ1v) is 6.31. The fraction of sp³-hybridized carbons (Fsp3) is 0.533. The van der Waals surface area contributed by atoms with Gasteiger partial charge < -0.3 is 5.11 Å². The van der Waals surface area contributed by atoms with Gasteiger partial charge in [-0.1, -0.05) is 19.1 Å². The van der Waals surface area contributed by atoms with Crippen molar-refractivity contribution in [3.05, 3.63) is 29.8 Å². The van der Waals surface area contributed by atoms with Gasteiger partial charge in [0.25, 0.3) is 0 Å². The second-order valence-electron chi connectivity index (χ2n) is 5.49. The Labute approximate surface area is 103 Å². The summed E-state index contributed by atoms with van der Waals surface area (Å²) >= 11 is 0. The lowest BCUT2D eigenvalue weighted by atomic mass is 9.67. The molecule has 1 aromatic rings. The molecule has 0 bridgehead atoms. The highest BCUT2D eigenvalue weighted by atomic mass is 16.3. The van der Waals surface area contributed by atoms with Gasteiger partial charge in [-0.25, -0.2) is 0 Å². The van der Waals surface area contributed by atoms with Crippen LogP contribution in [0.2, 0.25) is 0 Å². The number of carbonyl (C=O) groups excluding carboxylic acids is 1. The Morgan fingerprint density at radius 2 is 1.76 bits per heavy atom. The first-order chi connectivity index (χ1) is 8.01. The third-order valence-electron chi connectivity index (χ3n) is 4.23. The van der Waals surface area contributed by atoms with Crippen molar-refractivity contribution in [3.8, 4) is 5.75 Å². The maximum atomic E-state index is 11.4. The second kappa shape index (κ2) is 4.52. The summed E-state index contributed by atoms with van der Waals surface area (Å²) in [6.45, 7) is 3.96. The number of phenols is 1. The highest BCUT2D eigenvalue weighted by molar-refractivity contribution is 5.78. The quantitative estimate of drug-likeness (QED) is 0.848. The highest BCUT2D eigenvalue weighted by Crippen LogP contribution is 2.41. The van der Waals surface area contributed by atoms with E-state index in [4.69, 9.17) is 0 Å². The molecule has 0 amide bonds. The molecule has 0 unspecified atom stereocenters. The van der Waals surface area contributed by atoms with Crippen LogP contribution in [0, 0.1) is 5.92 Å². The third kappa shape index (κ3) is 2.51. The molecular weight excluding hydrogens is 212 g/mol. The molecule has 0 saturated heterocycles. The highest BCUT2D eigenvalue weighted by Gasteiger charge is 2.33. The molecule has 0 radical (unpaired) electrons. The molecular formula is C15H20O2. The van der Waals surface area contributed by atoms with E-state index in [1.807, 2.05) is 12.1 Å². The Morgan fingerprint density at radius 1 is 1.24 bits per heavy atom. The van der Waals surface area contributed by atoms with Gasteiger partial charge in [0.05, 0.1) is 0 Å². The van der Waals surface area contributed by atoms with E-state index in [0.717, 1.165) is 25.7 Å². The van der Waals surface area contributed by atoms with Gasteiger partial charge in [-0.15, -0.1) is 0 Å². The van der Waals surface area contributed by atoms with Crippen LogP contribution in [0.5, 0.6) is 5.75 Å². The van der Waals surface area contributed by atoms with Crippen LogP contribution < -0.4 is 0 Å². The number of Topliss-reactive ketones (excluding diaryl/α,β-unsaturated/α-hetero) is 1. The standard InChI is InChI=1S/C15H20O2/c1-11(16)12-7-9-15(2,10-8-12)13-3-5-14(17)6-4-13/h3-6,12,17H,7-10H2,1-2H3/t12-,15+. The molecule has 17 heavy (non-hydrogen) atoms. The molecule has 2 rings (SSSR count). The summed E-state index contributed by atoms with van der Waals surface area (Å²) in [5.41, 5.74) is 1.44. The number of hydrogen-bond acceptors (Lipinski definition) is 2. The van der Waals surface area contributed by atoms with Crippen LogP contribution in [0.3, 0.4) is 0 Å². The molecule has 2 nitrogen and oxygen atoms in total. The number of rotatable bonds is 2. The maximum Gasteiger partial charge on any atom is 0.132 e. The number of hydrogen-bond donors (Lipinski definition) is 1. The van der Waals surface area contributed by atoms with Gasteiger partial charge in [-0.05, 0) is 55.7 Å².